The highest BCUT2D eigenvalue weighted by Crippen LogP contribution is 2.23. The highest BCUT2D eigenvalue weighted by Gasteiger charge is 2.13. The molecule has 0 aliphatic carbocycles. The first-order chi connectivity index (χ1) is 13.5. The highest BCUT2D eigenvalue weighted by molar-refractivity contribution is 6.10. The number of nitrogens with zero attached hydrogens (tertiary/aromatic N) is 1. The molecular weight excluding hydrogens is 358 g/mol. The molecule has 3 rings (SSSR count). The maximum atomic E-state index is 12.6. The van der Waals surface area contributed by atoms with Gasteiger partial charge in [-0.25, -0.2) is 0 Å². The van der Waals surface area contributed by atoms with Gasteiger partial charge in [-0.1, -0.05) is 18.2 Å². The zero-order valence-corrected chi connectivity index (χ0v) is 15.0. The maximum Gasteiger partial charge on any atom is 0.308 e. The Hall–Kier alpha value is -4.00. The van der Waals surface area contributed by atoms with E-state index >= 15 is 0 Å². The van der Waals surface area contributed by atoms with Gasteiger partial charge in [0.2, 0.25) is 0 Å². The zero-order chi connectivity index (χ0) is 19.9. The van der Waals surface area contributed by atoms with Crippen molar-refractivity contribution in [2.24, 2.45) is 0 Å². The summed E-state index contributed by atoms with van der Waals surface area (Å²) in [4.78, 5) is 39.9. The van der Waals surface area contributed by atoms with Crippen molar-refractivity contribution in [2.75, 3.05) is 10.6 Å². The first-order valence-corrected chi connectivity index (χ1v) is 8.43. The van der Waals surface area contributed by atoms with Crippen molar-refractivity contribution >= 4 is 29.2 Å². The number of rotatable bonds is 5. The quantitative estimate of drug-likeness (QED) is 0.525. The largest absolute Gasteiger partial charge is 0.427 e. The van der Waals surface area contributed by atoms with Crippen LogP contribution in [0, 0.1) is 0 Å². The van der Waals surface area contributed by atoms with Crippen LogP contribution in [0.4, 0.5) is 11.4 Å². The molecule has 0 fully saturated rings. The molecule has 28 heavy (non-hydrogen) atoms. The lowest BCUT2D eigenvalue weighted by Gasteiger charge is -2.12. The summed E-state index contributed by atoms with van der Waals surface area (Å²) in [5.74, 6) is -0.942. The molecule has 7 heteroatoms. The SMILES string of the molecule is CC(=O)Oc1cccc(C(=O)Nc2ccccc2NC(=O)c2cccnc2)c1. The molecule has 0 saturated heterocycles. The molecule has 0 aliphatic rings. The summed E-state index contributed by atoms with van der Waals surface area (Å²) in [5.41, 5.74) is 1.59. The van der Waals surface area contributed by atoms with Crippen LogP contribution in [-0.4, -0.2) is 22.8 Å². The van der Waals surface area contributed by atoms with Gasteiger partial charge in [-0.15, -0.1) is 0 Å². The Balaban J connectivity index is 1.77. The number of hydrogen-bond donors (Lipinski definition) is 2. The van der Waals surface area contributed by atoms with Gasteiger partial charge in [0.05, 0.1) is 16.9 Å². The van der Waals surface area contributed by atoms with Crippen LogP contribution in [0.1, 0.15) is 27.6 Å². The third-order valence-corrected chi connectivity index (χ3v) is 3.70. The Bertz CT molecular complexity index is 1020. The lowest BCUT2D eigenvalue weighted by Crippen LogP contribution is -2.17. The van der Waals surface area contributed by atoms with E-state index in [2.05, 4.69) is 15.6 Å². The molecule has 2 aromatic carbocycles. The first kappa shape index (κ1) is 18.8. The van der Waals surface area contributed by atoms with Gasteiger partial charge in [-0.3, -0.25) is 19.4 Å². The number of ether oxygens (including phenoxy) is 1. The van der Waals surface area contributed by atoms with Crippen LogP contribution in [0.3, 0.4) is 0 Å². The van der Waals surface area contributed by atoms with Crippen LogP contribution in [0.5, 0.6) is 5.75 Å². The van der Waals surface area contributed by atoms with Crippen molar-refractivity contribution in [2.45, 2.75) is 6.92 Å². The number of anilines is 2. The van der Waals surface area contributed by atoms with E-state index in [4.69, 9.17) is 4.74 Å². The fraction of sp³-hybridized carbons (Fsp3) is 0.0476. The summed E-state index contributed by atoms with van der Waals surface area (Å²) in [5, 5.41) is 5.51. The van der Waals surface area contributed by atoms with E-state index in [0.29, 0.717) is 22.5 Å². The van der Waals surface area contributed by atoms with Crippen molar-refractivity contribution < 1.29 is 19.1 Å². The molecule has 2 N–H and O–H groups in total. The summed E-state index contributed by atoms with van der Waals surface area (Å²) in [7, 11) is 0. The van der Waals surface area contributed by atoms with Crippen molar-refractivity contribution in [3.8, 4) is 5.75 Å². The van der Waals surface area contributed by atoms with Crippen LogP contribution in [0.2, 0.25) is 0 Å². The van der Waals surface area contributed by atoms with Gasteiger partial charge < -0.3 is 15.4 Å². The number of para-hydroxylation sites is 2. The molecule has 3 aromatic rings. The Labute approximate surface area is 161 Å². The third kappa shape index (κ3) is 4.79. The van der Waals surface area contributed by atoms with E-state index in [1.165, 1.54) is 19.2 Å². The summed E-state index contributed by atoms with van der Waals surface area (Å²) < 4.78 is 5.00. The van der Waals surface area contributed by atoms with Crippen LogP contribution < -0.4 is 15.4 Å². The monoisotopic (exact) mass is 375 g/mol. The molecule has 0 radical (unpaired) electrons. The molecule has 0 unspecified atom stereocenters. The molecule has 0 atom stereocenters. The molecule has 0 aliphatic heterocycles. The molecule has 140 valence electrons. The third-order valence-electron chi connectivity index (χ3n) is 3.70. The lowest BCUT2D eigenvalue weighted by atomic mass is 10.2. The highest BCUT2D eigenvalue weighted by atomic mass is 16.5. The number of benzene rings is 2. The number of pyridine rings is 1. The summed E-state index contributed by atoms with van der Waals surface area (Å²) >= 11 is 0. The van der Waals surface area contributed by atoms with E-state index in [-0.39, 0.29) is 11.7 Å². The number of hydrogen-bond acceptors (Lipinski definition) is 5. The predicted molar refractivity (Wildman–Crippen MR) is 104 cm³/mol. The van der Waals surface area contributed by atoms with Crippen LogP contribution in [0.15, 0.2) is 73.1 Å². The van der Waals surface area contributed by atoms with Gasteiger partial charge in [0.25, 0.3) is 11.8 Å². The number of aromatic nitrogens is 1. The van der Waals surface area contributed by atoms with Crippen molar-refractivity contribution in [3.63, 3.8) is 0 Å². The van der Waals surface area contributed by atoms with E-state index in [1.54, 1.807) is 60.8 Å². The normalized spacial score (nSPS) is 10.0. The molecule has 1 heterocycles. The average Bonchev–Trinajstić information content (AvgIpc) is 2.70. The smallest absolute Gasteiger partial charge is 0.308 e. The Morgan fingerprint density at radius 3 is 2.07 bits per heavy atom. The molecular formula is C21H17N3O4. The minimum atomic E-state index is -0.471. The van der Waals surface area contributed by atoms with Crippen LogP contribution in [0.25, 0.3) is 0 Å². The van der Waals surface area contributed by atoms with E-state index < -0.39 is 11.9 Å². The number of amides is 2. The van der Waals surface area contributed by atoms with Crippen molar-refractivity contribution in [3.05, 3.63) is 84.2 Å². The molecule has 0 spiro atoms. The molecule has 1 aromatic heterocycles. The fourth-order valence-electron chi connectivity index (χ4n) is 2.45. The van der Waals surface area contributed by atoms with E-state index in [1.807, 2.05) is 0 Å². The predicted octanol–water partition coefficient (Wildman–Crippen LogP) is 3.51. The second-order valence-corrected chi connectivity index (χ2v) is 5.82. The van der Waals surface area contributed by atoms with Crippen molar-refractivity contribution in [1.82, 2.24) is 4.98 Å². The van der Waals surface area contributed by atoms with Gasteiger partial charge in [-0.05, 0) is 42.5 Å². The molecule has 0 bridgehead atoms. The standard InChI is InChI=1S/C21H17N3O4/c1-14(25)28-17-8-4-6-15(12-17)20(26)23-18-9-2-3-10-19(18)24-21(27)16-7-5-11-22-13-16/h2-13H,1H3,(H,23,26)(H,24,27). The second-order valence-electron chi connectivity index (χ2n) is 5.82. The Kier molecular flexibility index (Phi) is 5.76. The summed E-state index contributed by atoms with van der Waals surface area (Å²) in [6, 6.07) is 16.4. The van der Waals surface area contributed by atoms with Gasteiger partial charge in [0, 0.05) is 24.9 Å². The lowest BCUT2D eigenvalue weighted by molar-refractivity contribution is -0.131. The van der Waals surface area contributed by atoms with Crippen LogP contribution >= 0.6 is 0 Å². The molecule has 2 amide bonds. The topological polar surface area (TPSA) is 97.4 Å². The summed E-state index contributed by atoms with van der Waals surface area (Å²) in [6.07, 6.45) is 3.03. The maximum absolute atomic E-state index is 12.6. The molecule has 0 saturated carbocycles. The minimum absolute atomic E-state index is 0.276. The number of nitrogens with one attached hydrogen (secondary N) is 2. The van der Waals surface area contributed by atoms with Gasteiger partial charge in [0.15, 0.2) is 0 Å². The minimum Gasteiger partial charge on any atom is -0.427 e. The molecule has 7 nitrogen and oxygen atoms in total. The van der Waals surface area contributed by atoms with E-state index in [0.717, 1.165) is 0 Å². The number of carbonyl (C=O) groups is 3. The Morgan fingerprint density at radius 1 is 0.821 bits per heavy atom. The fourth-order valence-corrected chi connectivity index (χ4v) is 2.45. The zero-order valence-electron chi connectivity index (χ0n) is 15.0. The summed E-state index contributed by atoms with van der Waals surface area (Å²) in [6.45, 7) is 1.29. The second kappa shape index (κ2) is 8.59. The van der Waals surface area contributed by atoms with Gasteiger partial charge in [-0.2, -0.15) is 0 Å². The number of esters is 1. The first-order valence-electron chi connectivity index (χ1n) is 8.43. The van der Waals surface area contributed by atoms with Gasteiger partial charge in [0.1, 0.15) is 5.75 Å². The average molecular weight is 375 g/mol. The van der Waals surface area contributed by atoms with E-state index in [9.17, 15) is 14.4 Å². The number of carbonyl (C=O) groups excluding carboxylic acids is 3. The Morgan fingerprint density at radius 2 is 1.46 bits per heavy atom. The van der Waals surface area contributed by atoms with Gasteiger partial charge >= 0.3 is 5.97 Å². The van der Waals surface area contributed by atoms with Crippen molar-refractivity contribution in [1.29, 1.82) is 0 Å². The van der Waals surface area contributed by atoms with Crippen LogP contribution in [-0.2, 0) is 4.79 Å².